The van der Waals surface area contributed by atoms with Crippen LogP contribution >= 0.6 is 0 Å². The Hall–Kier alpha value is -2.50. The van der Waals surface area contributed by atoms with Crippen LogP contribution in [0.4, 0.5) is 10.5 Å². The van der Waals surface area contributed by atoms with Crippen LogP contribution in [-0.2, 0) is 6.54 Å². The lowest BCUT2D eigenvalue weighted by molar-refractivity contribution is 0.237. The third kappa shape index (κ3) is 3.58. The standard InChI is InChI=1S/C16H20N4O2/c1-12-9-14(19-22-12)10-17-16(21)18-13-7-8-20(11-13)15-5-3-2-4-6-15/h2-6,9,13H,7-8,10-11H2,1H3,(H2,17,18,21)/t13-/m0/s1. The molecular weight excluding hydrogens is 280 g/mol. The van der Waals surface area contributed by atoms with E-state index >= 15 is 0 Å². The number of hydrogen-bond acceptors (Lipinski definition) is 4. The van der Waals surface area contributed by atoms with E-state index in [1.165, 1.54) is 5.69 Å². The van der Waals surface area contributed by atoms with Gasteiger partial charge in [-0.3, -0.25) is 0 Å². The van der Waals surface area contributed by atoms with Gasteiger partial charge in [-0.1, -0.05) is 23.4 Å². The Morgan fingerprint density at radius 3 is 2.95 bits per heavy atom. The minimum Gasteiger partial charge on any atom is -0.369 e. The lowest BCUT2D eigenvalue weighted by atomic mass is 10.3. The molecule has 0 bridgehead atoms. The molecule has 1 aromatic carbocycles. The van der Waals surface area contributed by atoms with Crippen LogP contribution < -0.4 is 15.5 Å². The summed E-state index contributed by atoms with van der Waals surface area (Å²) in [5.74, 6) is 0.742. The summed E-state index contributed by atoms with van der Waals surface area (Å²) in [5, 5.41) is 9.65. The molecule has 2 amide bonds. The average molecular weight is 300 g/mol. The summed E-state index contributed by atoms with van der Waals surface area (Å²) in [6, 6.07) is 12.1. The van der Waals surface area contributed by atoms with E-state index in [1.54, 1.807) is 0 Å². The highest BCUT2D eigenvalue weighted by atomic mass is 16.5. The first-order chi connectivity index (χ1) is 10.7. The number of rotatable bonds is 4. The normalized spacial score (nSPS) is 17.5. The fraction of sp³-hybridized carbons (Fsp3) is 0.375. The number of aromatic nitrogens is 1. The van der Waals surface area contributed by atoms with Crippen LogP contribution in [0.25, 0.3) is 0 Å². The molecule has 0 spiro atoms. The molecule has 3 rings (SSSR count). The van der Waals surface area contributed by atoms with Gasteiger partial charge in [0.25, 0.3) is 0 Å². The summed E-state index contributed by atoms with van der Waals surface area (Å²) in [6.07, 6.45) is 0.950. The molecular formula is C16H20N4O2. The second-order valence-electron chi connectivity index (χ2n) is 5.52. The largest absolute Gasteiger partial charge is 0.369 e. The molecule has 1 fully saturated rings. The van der Waals surface area contributed by atoms with E-state index in [-0.39, 0.29) is 12.1 Å². The third-order valence-corrected chi connectivity index (χ3v) is 3.75. The summed E-state index contributed by atoms with van der Waals surface area (Å²) < 4.78 is 4.96. The van der Waals surface area contributed by atoms with Crippen LogP contribution in [0.2, 0.25) is 0 Å². The van der Waals surface area contributed by atoms with Gasteiger partial charge in [-0.15, -0.1) is 0 Å². The van der Waals surface area contributed by atoms with Crippen LogP contribution in [0.1, 0.15) is 17.9 Å². The van der Waals surface area contributed by atoms with Gasteiger partial charge in [0.15, 0.2) is 0 Å². The molecule has 2 N–H and O–H groups in total. The Kier molecular flexibility index (Phi) is 4.27. The molecule has 0 saturated carbocycles. The molecule has 2 aromatic rings. The molecule has 1 aliphatic heterocycles. The van der Waals surface area contributed by atoms with Gasteiger partial charge in [0.05, 0.1) is 6.54 Å². The quantitative estimate of drug-likeness (QED) is 0.907. The van der Waals surface area contributed by atoms with Crippen molar-refractivity contribution >= 4 is 11.7 Å². The highest BCUT2D eigenvalue weighted by Crippen LogP contribution is 2.19. The first-order valence-electron chi connectivity index (χ1n) is 7.47. The Morgan fingerprint density at radius 2 is 2.23 bits per heavy atom. The fourth-order valence-corrected chi connectivity index (χ4v) is 2.66. The highest BCUT2D eigenvalue weighted by Gasteiger charge is 2.23. The summed E-state index contributed by atoms with van der Waals surface area (Å²) in [7, 11) is 0. The maximum Gasteiger partial charge on any atom is 0.315 e. The number of carbonyl (C=O) groups excluding carboxylic acids is 1. The molecule has 6 heteroatoms. The molecule has 1 saturated heterocycles. The SMILES string of the molecule is Cc1cc(CNC(=O)N[C@H]2CCN(c3ccccc3)C2)no1. The zero-order valence-corrected chi connectivity index (χ0v) is 12.6. The monoisotopic (exact) mass is 300 g/mol. The van der Waals surface area contributed by atoms with Crippen molar-refractivity contribution in [1.82, 2.24) is 15.8 Å². The van der Waals surface area contributed by atoms with Crippen LogP contribution in [0.5, 0.6) is 0 Å². The molecule has 1 atom stereocenters. The Balaban J connectivity index is 1.45. The molecule has 22 heavy (non-hydrogen) atoms. The maximum absolute atomic E-state index is 11.9. The van der Waals surface area contributed by atoms with Crippen LogP contribution in [-0.4, -0.2) is 30.3 Å². The predicted octanol–water partition coefficient (Wildman–Crippen LogP) is 2.06. The van der Waals surface area contributed by atoms with Crippen molar-refractivity contribution in [3.8, 4) is 0 Å². The van der Waals surface area contributed by atoms with Crippen molar-refractivity contribution in [1.29, 1.82) is 0 Å². The smallest absolute Gasteiger partial charge is 0.315 e. The van der Waals surface area contributed by atoms with E-state index in [1.807, 2.05) is 31.2 Å². The predicted molar refractivity (Wildman–Crippen MR) is 83.7 cm³/mol. The van der Waals surface area contributed by atoms with E-state index in [4.69, 9.17) is 4.52 Å². The van der Waals surface area contributed by atoms with E-state index in [9.17, 15) is 4.79 Å². The van der Waals surface area contributed by atoms with Gasteiger partial charge in [0, 0.05) is 30.9 Å². The number of aryl methyl sites for hydroxylation is 1. The summed E-state index contributed by atoms with van der Waals surface area (Å²) in [5.41, 5.74) is 1.93. The number of carbonyl (C=O) groups is 1. The molecule has 0 aliphatic carbocycles. The van der Waals surface area contributed by atoms with E-state index < -0.39 is 0 Å². The first-order valence-corrected chi connectivity index (χ1v) is 7.47. The summed E-state index contributed by atoms with van der Waals surface area (Å²) >= 11 is 0. The second-order valence-corrected chi connectivity index (χ2v) is 5.52. The van der Waals surface area contributed by atoms with Gasteiger partial charge in [0.1, 0.15) is 11.5 Å². The van der Waals surface area contributed by atoms with Gasteiger partial charge >= 0.3 is 6.03 Å². The zero-order chi connectivity index (χ0) is 15.4. The number of anilines is 1. The van der Waals surface area contributed by atoms with E-state index in [0.29, 0.717) is 6.54 Å². The average Bonchev–Trinajstić information content (AvgIpc) is 3.15. The molecule has 0 unspecified atom stereocenters. The lowest BCUT2D eigenvalue weighted by Crippen LogP contribution is -2.43. The van der Waals surface area contributed by atoms with E-state index in [2.05, 4.69) is 32.8 Å². The second kappa shape index (κ2) is 6.51. The van der Waals surface area contributed by atoms with Crippen molar-refractivity contribution in [2.45, 2.75) is 25.9 Å². The molecule has 1 aliphatic rings. The molecule has 2 heterocycles. The number of benzene rings is 1. The van der Waals surface area contributed by atoms with Crippen molar-refractivity contribution in [3.63, 3.8) is 0 Å². The highest BCUT2D eigenvalue weighted by molar-refractivity contribution is 5.74. The van der Waals surface area contributed by atoms with E-state index in [0.717, 1.165) is 31.0 Å². The first kappa shape index (κ1) is 14.4. The minimum atomic E-state index is -0.166. The minimum absolute atomic E-state index is 0.166. The number of urea groups is 1. The molecule has 6 nitrogen and oxygen atoms in total. The number of amides is 2. The van der Waals surface area contributed by atoms with Crippen molar-refractivity contribution < 1.29 is 9.32 Å². The zero-order valence-electron chi connectivity index (χ0n) is 12.6. The van der Waals surface area contributed by atoms with Gasteiger partial charge in [-0.2, -0.15) is 0 Å². The Morgan fingerprint density at radius 1 is 1.41 bits per heavy atom. The number of nitrogens with zero attached hydrogens (tertiary/aromatic N) is 2. The lowest BCUT2D eigenvalue weighted by Gasteiger charge is -2.19. The molecule has 0 radical (unpaired) electrons. The number of nitrogens with one attached hydrogen (secondary N) is 2. The Labute approximate surface area is 129 Å². The van der Waals surface area contributed by atoms with Crippen molar-refractivity contribution in [3.05, 3.63) is 47.9 Å². The molecule has 1 aromatic heterocycles. The summed E-state index contributed by atoms with van der Waals surface area (Å²) in [4.78, 5) is 14.2. The van der Waals surface area contributed by atoms with Crippen LogP contribution in [0, 0.1) is 6.92 Å². The topological polar surface area (TPSA) is 70.4 Å². The van der Waals surface area contributed by atoms with Crippen LogP contribution in [0.15, 0.2) is 40.9 Å². The fourth-order valence-electron chi connectivity index (χ4n) is 2.66. The van der Waals surface area contributed by atoms with Gasteiger partial charge < -0.3 is 20.1 Å². The van der Waals surface area contributed by atoms with Gasteiger partial charge in [-0.05, 0) is 25.5 Å². The van der Waals surface area contributed by atoms with Crippen molar-refractivity contribution in [2.75, 3.05) is 18.0 Å². The molecule has 116 valence electrons. The number of para-hydroxylation sites is 1. The van der Waals surface area contributed by atoms with Crippen LogP contribution in [0.3, 0.4) is 0 Å². The Bertz CT molecular complexity index is 626. The van der Waals surface area contributed by atoms with Crippen molar-refractivity contribution in [2.24, 2.45) is 0 Å². The van der Waals surface area contributed by atoms with Gasteiger partial charge in [0.2, 0.25) is 0 Å². The van der Waals surface area contributed by atoms with Gasteiger partial charge in [-0.25, -0.2) is 4.79 Å². The summed E-state index contributed by atoms with van der Waals surface area (Å²) in [6.45, 7) is 3.99. The number of hydrogen-bond donors (Lipinski definition) is 2. The third-order valence-electron chi connectivity index (χ3n) is 3.75. The maximum atomic E-state index is 11.9.